The number of para-hydroxylation sites is 1. The first-order chi connectivity index (χ1) is 11.2. The molecule has 23 heavy (non-hydrogen) atoms. The molecule has 2 amide bonds. The number of likely N-dealkylation sites (tertiary alicyclic amines) is 1. The SMILES string of the molecule is COc1ccc(NC(=O)N2CCC(Nc3ccccc3)C2)cc1. The van der Waals surface area contributed by atoms with Crippen LogP contribution >= 0.6 is 0 Å². The number of amides is 2. The first-order valence-corrected chi connectivity index (χ1v) is 7.76. The van der Waals surface area contributed by atoms with Crippen molar-refractivity contribution in [1.82, 2.24) is 4.90 Å². The van der Waals surface area contributed by atoms with E-state index >= 15 is 0 Å². The third kappa shape index (κ3) is 3.94. The van der Waals surface area contributed by atoms with E-state index in [2.05, 4.69) is 10.6 Å². The number of urea groups is 1. The molecule has 5 heteroatoms. The maximum absolute atomic E-state index is 12.3. The summed E-state index contributed by atoms with van der Waals surface area (Å²) in [5.41, 5.74) is 1.87. The number of carbonyl (C=O) groups is 1. The smallest absolute Gasteiger partial charge is 0.321 e. The van der Waals surface area contributed by atoms with Gasteiger partial charge in [0.15, 0.2) is 0 Å². The molecule has 0 aromatic heterocycles. The Kier molecular flexibility index (Phi) is 4.66. The summed E-state index contributed by atoms with van der Waals surface area (Å²) >= 11 is 0. The standard InChI is InChI=1S/C18H21N3O2/c1-23-17-9-7-15(8-10-17)20-18(22)21-12-11-16(13-21)19-14-5-3-2-4-6-14/h2-10,16,19H,11-13H2,1H3,(H,20,22). The van der Waals surface area contributed by atoms with E-state index in [1.54, 1.807) is 7.11 Å². The second kappa shape index (κ2) is 7.05. The number of rotatable bonds is 4. The van der Waals surface area contributed by atoms with Crippen LogP contribution in [0.15, 0.2) is 54.6 Å². The molecule has 0 bridgehead atoms. The van der Waals surface area contributed by atoms with Crippen LogP contribution in [0.1, 0.15) is 6.42 Å². The van der Waals surface area contributed by atoms with Crippen LogP contribution in [0.5, 0.6) is 5.75 Å². The van der Waals surface area contributed by atoms with Crippen LogP contribution in [0.2, 0.25) is 0 Å². The van der Waals surface area contributed by atoms with Crippen molar-refractivity contribution in [3.63, 3.8) is 0 Å². The highest BCUT2D eigenvalue weighted by Gasteiger charge is 2.26. The number of anilines is 2. The first kappa shape index (κ1) is 15.2. The van der Waals surface area contributed by atoms with Gasteiger partial charge in [-0.1, -0.05) is 18.2 Å². The van der Waals surface area contributed by atoms with E-state index in [1.807, 2.05) is 59.5 Å². The summed E-state index contributed by atoms with van der Waals surface area (Å²) in [6.45, 7) is 1.46. The Morgan fingerprint density at radius 1 is 1.09 bits per heavy atom. The molecule has 2 N–H and O–H groups in total. The summed E-state index contributed by atoms with van der Waals surface area (Å²) in [4.78, 5) is 14.2. The van der Waals surface area contributed by atoms with E-state index in [0.29, 0.717) is 12.6 Å². The molecular formula is C18H21N3O2. The van der Waals surface area contributed by atoms with Gasteiger partial charge in [-0.2, -0.15) is 0 Å². The van der Waals surface area contributed by atoms with E-state index in [4.69, 9.17) is 4.74 Å². The van der Waals surface area contributed by atoms with Gasteiger partial charge in [0, 0.05) is 30.5 Å². The lowest BCUT2D eigenvalue weighted by molar-refractivity contribution is 0.222. The Morgan fingerprint density at radius 2 is 1.83 bits per heavy atom. The lowest BCUT2D eigenvalue weighted by Crippen LogP contribution is -2.34. The minimum atomic E-state index is -0.0625. The van der Waals surface area contributed by atoms with Crippen molar-refractivity contribution >= 4 is 17.4 Å². The number of carbonyl (C=O) groups excluding carboxylic acids is 1. The van der Waals surface area contributed by atoms with Crippen molar-refractivity contribution in [2.75, 3.05) is 30.8 Å². The van der Waals surface area contributed by atoms with Crippen LogP contribution in [0.4, 0.5) is 16.2 Å². The Bertz CT molecular complexity index is 643. The Morgan fingerprint density at radius 3 is 2.52 bits per heavy atom. The molecular weight excluding hydrogens is 290 g/mol. The van der Waals surface area contributed by atoms with E-state index in [-0.39, 0.29) is 6.03 Å². The van der Waals surface area contributed by atoms with Crippen LogP contribution < -0.4 is 15.4 Å². The topological polar surface area (TPSA) is 53.6 Å². The highest BCUT2D eigenvalue weighted by atomic mass is 16.5. The highest BCUT2D eigenvalue weighted by molar-refractivity contribution is 5.89. The van der Waals surface area contributed by atoms with Crippen molar-refractivity contribution < 1.29 is 9.53 Å². The van der Waals surface area contributed by atoms with E-state index in [0.717, 1.165) is 30.1 Å². The van der Waals surface area contributed by atoms with Crippen LogP contribution in [0.25, 0.3) is 0 Å². The average molecular weight is 311 g/mol. The molecule has 120 valence electrons. The Hall–Kier alpha value is -2.69. The quantitative estimate of drug-likeness (QED) is 0.910. The number of methoxy groups -OCH3 is 1. The highest BCUT2D eigenvalue weighted by Crippen LogP contribution is 2.18. The maximum atomic E-state index is 12.3. The Labute approximate surface area is 136 Å². The van der Waals surface area contributed by atoms with Crippen molar-refractivity contribution in [2.45, 2.75) is 12.5 Å². The van der Waals surface area contributed by atoms with Crippen molar-refractivity contribution in [3.8, 4) is 5.75 Å². The molecule has 1 saturated heterocycles. The fourth-order valence-electron chi connectivity index (χ4n) is 2.71. The number of ether oxygens (including phenoxy) is 1. The van der Waals surface area contributed by atoms with Crippen LogP contribution in [-0.4, -0.2) is 37.2 Å². The second-order valence-electron chi connectivity index (χ2n) is 5.60. The molecule has 1 fully saturated rings. The zero-order valence-electron chi connectivity index (χ0n) is 13.2. The molecule has 2 aromatic rings. The summed E-state index contributed by atoms with van der Waals surface area (Å²) in [5, 5.41) is 6.39. The first-order valence-electron chi connectivity index (χ1n) is 7.76. The summed E-state index contributed by atoms with van der Waals surface area (Å²) in [5.74, 6) is 0.774. The molecule has 0 aliphatic carbocycles. The number of nitrogens with one attached hydrogen (secondary N) is 2. The van der Waals surface area contributed by atoms with Crippen molar-refractivity contribution in [1.29, 1.82) is 0 Å². The normalized spacial score (nSPS) is 16.9. The van der Waals surface area contributed by atoms with Gasteiger partial charge in [0.25, 0.3) is 0 Å². The molecule has 1 aliphatic rings. The molecule has 0 radical (unpaired) electrons. The van der Waals surface area contributed by atoms with Gasteiger partial charge in [-0.3, -0.25) is 0 Å². The monoisotopic (exact) mass is 311 g/mol. The Balaban J connectivity index is 1.52. The van der Waals surface area contributed by atoms with Gasteiger partial charge < -0.3 is 20.3 Å². The van der Waals surface area contributed by atoms with Gasteiger partial charge in [0.2, 0.25) is 0 Å². The number of nitrogens with zero attached hydrogens (tertiary/aromatic N) is 1. The lowest BCUT2D eigenvalue weighted by Gasteiger charge is -2.18. The molecule has 1 heterocycles. The van der Waals surface area contributed by atoms with Crippen LogP contribution in [0, 0.1) is 0 Å². The fraction of sp³-hybridized carbons (Fsp3) is 0.278. The summed E-state index contributed by atoms with van der Waals surface area (Å²) in [6.07, 6.45) is 0.949. The molecule has 1 atom stereocenters. The largest absolute Gasteiger partial charge is 0.497 e. The molecule has 0 saturated carbocycles. The van der Waals surface area contributed by atoms with Gasteiger partial charge in [0.1, 0.15) is 5.75 Å². The van der Waals surface area contributed by atoms with Gasteiger partial charge in [-0.05, 0) is 42.8 Å². The van der Waals surface area contributed by atoms with E-state index in [1.165, 1.54) is 0 Å². The number of hydrogen-bond acceptors (Lipinski definition) is 3. The maximum Gasteiger partial charge on any atom is 0.321 e. The van der Waals surface area contributed by atoms with Gasteiger partial charge >= 0.3 is 6.03 Å². The predicted octanol–water partition coefficient (Wildman–Crippen LogP) is 3.41. The minimum Gasteiger partial charge on any atom is -0.497 e. The predicted molar refractivity (Wildman–Crippen MR) is 92.1 cm³/mol. The number of benzene rings is 2. The molecule has 5 nitrogen and oxygen atoms in total. The summed E-state index contributed by atoms with van der Waals surface area (Å²) in [6, 6.07) is 17.7. The van der Waals surface area contributed by atoms with Crippen molar-refractivity contribution in [2.24, 2.45) is 0 Å². The molecule has 2 aromatic carbocycles. The zero-order valence-corrected chi connectivity index (χ0v) is 13.2. The third-order valence-electron chi connectivity index (χ3n) is 3.96. The molecule has 1 unspecified atom stereocenters. The molecule has 1 aliphatic heterocycles. The second-order valence-corrected chi connectivity index (χ2v) is 5.60. The lowest BCUT2D eigenvalue weighted by atomic mass is 10.2. The minimum absolute atomic E-state index is 0.0625. The van der Waals surface area contributed by atoms with Gasteiger partial charge in [0.05, 0.1) is 7.11 Å². The van der Waals surface area contributed by atoms with E-state index in [9.17, 15) is 4.79 Å². The van der Waals surface area contributed by atoms with Crippen molar-refractivity contribution in [3.05, 3.63) is 54.6 Å². The third-order valence-corrected chi connectivity index (χ3v) is 3.96. The van der Waals surface area contributed by atoms with Crippen LogP contribution in [0.3, 0.4) is 0 Å². The van der Waals surface area contributed by atoms with E-state index < -0.39 is 0 Å². The van der Waals surface area contributed by atoms with Gasteiger partial charge in [-0.15, -0.1) is 0 Å². The summed E-state index contributed by atoms with van der Waals surface area (Å²) < 4.78 is 5.11. The fourth-order valence-corrected chi connectivity index (χ4v) is 2.71. The van der Waals surface area contributed by atoms with Crippen LogP contribution in [-0.2, 0) is 0 Å². The average Bonchev–Trinajstić information content (AvgIpc) is 3.05. The molecule has 3 rings (SSSR count). The number of hydrogen-bond donors (Lipinski definition) is 2. The molecule has 0 spiro atoms. The zero-order chi connectivity index (χ0) is 16.1. The summed E-state index contributed by atoms with van der Waals surface area (Å²) in [7, 11) is 1.62. The van der Waals surface area contributed by atoms with Gasteiger partial charge in [-0.25, -0.2) is 4.79 Å².